The number of carbonyl (C=O) groups is 1. The highest BCUT2D eigenvalue weighted by atomic mass is 16.5. The number of aromatic hydroxyl groups is 1. The Bertz CT molecular complexity index is 363. The van der Waals surface area contributed by atoms with Gasteiger partial charge in [-0.2, -0.15) is 0 Å². The van der Waals surface area contributed by atoms with E-state index in [0.717, 1.165) is 4.90 Å². The van der Waals surface area contributed by atoms with Crippen LogP contribution in [0.2, 0.25) is 0 Å². The minimum Gasteiger partial charge on any atom is -0.508 e. The number of amides is 1. The Morgan fingerprint density at radius 1 is 1.54 bits per heavy atom. The summed E-state index contributed by atoms with van der Waals surface area (Å²) in [7, 11) is 0. The molecule has 1 aliphatic heterocycles. The molecule has 0 atom stereocenters. The number of anilines is 1. The molecule has 2 rings (SSSR count). The molecule has 2 N–H and O–H groups in total. The van der Waals surface area contributed by atoms with Crippen LogP contribution in [-0.4, -0.2) is 23.0 Å². The van der Waals surface area contributed by atoms with Crippen molar-refractivity contribution in [2.24, 2.45) is 0 Å². The predicted octanol–water partition coefficient (Wildman–Crippen LogP) is 1.23. The van der Waals surface area contributed by atoms with E-state index in [1.807, 2.05) is 0 Å². The van der Waals surface area contributed by atoms with Crippen molar-refractivity contribution >= 4 is 11.8 Å². The van der Waals surface area contributed by atoms with Gasteiger partial charge in [-0.3, -0.25) is 0 Å². The van der Waals surface area contributed by atoms with E-state index in [1.165, 1.54) is 18.2 Å². The van der Waals surface area contributed by atoms with Crippen molar-refractivity contribution in [3.8, 4) is 11.5 Å². The molecule has 0 fully saturated rings. The molecule has 1 amide bonds. The van der Waals surface area contributed by atoms with Crippen molar-refractivity contribution in [3.63, 3.8) is 0 Å². The van der Waals surface area contributed by atoms with E-state index < -0.39 is 6.09 Å². The molecule has 5 heteroatoms. The smallest absolute Gasteiger partial charge is 0.414 e. The fourth-order valence-electron chi connectivity index (χ4n) is 1.20. The average molecular weight is 181 g/mol. The second-order valence-electron chi connectivity index (χ2n) is 2.64. The number of fused-ring (bicyclic) bond motifs is 1. The topological polar surface area (TPSA) is 70.0 Å². The number of phenols is 1. The molecule has 1 heterocycles. The number of phenolic OH excluding ortho intramolecular Hbond substituents is 1. The maximum atomic E-state index is 10.6. The van der Waals surface area contributed by atoms with Gasteiger partial charge in [-0.25, -0.2) is 9.69 Å². The molecule has 0 aromatic heterocycles. The van der Waals surface area contributed by atoms with E-state index in [9.17, 15) is 4.79 Å². The number of rotatable bonds is 0. The summed E-state index contributed by atoms with van der Waals surface area (Å²) in [6.07, 6.45) is -1.07. The van der Waals surface area contributed by atoms with Crippen molar-refractivity contribution < 1.29 is 19.7 Å². The summed E-state index contributed by atoms with van der Waals surface area (Å²) in [6, 6.07) is 4.31. The molecule has 0 saturated carbocycles. The zero-order valence-electron chi connectivity index (χ0n) is 6.60. The van der Waals surface area contributed by atoms with E-state index in [4.69, 9.17) is 14.9 Å². The highest BCUT2D eigenvalue weighted by molar-refractivity contribution is 5.89. The van der Waals surface area contributed by atoms with Crippen LogP contribution in [0.15, 0.2) is 18.2 Å². The lowest BCUT2D eigenvalue weighted by atomic mass is 10.3. The van der Waals surface area contributed by atoms with Crippen molar-refractivity contribution in [2.75, 3.05) is 11.6 Å². The lowest BCUT2D eigenvalue weighted by molar-refractivity contribution is 0.197. The number of carboxylic acid groups (broad SMARTS) is 1. The van der Waals surface area contributed by atoms with Crippen LogP contribution >= 0.6 is 0 Å². The third kappa shape index (κ3) is 1.14. The maximum Gasteiger partial charge on any atom is 0.414 e. The van der Waals surface area contributed by atoms with Gasteiger partial charge in [0.05, 0.1) is 5.69 Å². The molecule has 5 nitrogen and oxygen atoms in total. The zero-order valence-corrected chi connectivity index (χ0v) is 6.60. The third-order valence-electron chi connectivity index (χ3n) is 1.81. The van der Waals surface area contributed by atoms with E-state index in [-0.39, 0.29) is 12.5 Å². The Morgan fingerprint density at radius 2 is 2.31 bits per heavy atom. The van der Waals surface area contributed by atoms with Gasteiger partial charge in [0.1, 0.15) is 11.5 Å². The molecule has 0 bridgehead atoms. The monoisotopic (exact) mass is 181 g/mol. The molecule has 0 spiro atoms. The number of benzene rings is 1. The Morgan fingerprint density at radius 3 is 3.00 bits per heavy atom. The summed E-state index contributed by atoms with van der Waals surface area (Å²) in [5.74, 6) is 0.452. The van der Waals surface area contributed by atoms with Crippen LogP contribution in [0.4, 0.5) is 10.5 Å². The molecule has 1 aromatic rings. The lowest BCUT2D eigenvalue weighted by Crippen LogP contribution is -2.27. The predicted molar refractivity (Wildman–Crippen MR) is 44.1 cm³/mol. The third-order valence-corrected chi connectivity index (χ3v) is 1.81. The van der Waals surface area contributed by atoms with Gasteiger partial charge >= 0.3 is 6.09 Å². The molecular formula is C8H7NO4. The maximum absolute atomic E-state index is 10.6. The largest absolute Gasteiger partial charge is 0.508 e. The summed E-state index contributed by atoms with van der Waals surface area (Å²) >= 11 is 0. The van der Waals surface area contributed by atoms with Gasteiger partial charge < -0.3 is 14.9 Å². The van der Waals surface area contributed by atoms with Crippen LogP contribution in [0.1, 0.15) is 0 Å². The SMILES string of the molecule is O=C(O)N1COc2cc(O)ccc21. The molecule has 68 valence electrons. The van der Waals surface area contributed by atoms with Gasteiger partial charge in [0.15, 0.2) is 6.73 Å². The van der Waals surface area contributed by atoms with Crippen LogP contribution in [0.3, 0.4) is 0 Å². The number of nitrogens with zero attached hydrogens (tertiary/aromatic N) is 1. The van der Waals surface area contributed by atoms with Crippen LogP contribution in [0.5, 0.6) is 11.5 Å². The Balaban J connectivity index is 2.44. The summed E-state index contributed by atoms with van der Waals surface area (Å²) in [5, 5.41) is 17.8. The van der Waals surface area contributed by atoms with Gasteiger partial charge in [0.25, 0.3) is 0 Å². The van der Waals surface area contributed by atoms with E-state index in [1.54, 1.807) is 0 Å². The molecule has 0 aliphatic carbocycles. The fraction of sp³-hybridized carbons (Fsp3) is 0.125. The minimum atomic E-state index is -1.07. The van der Waals surface area contributed by atoms with Gasteiger partial charge in [0.2, 0.25) is 0 Å². The molecular weight excluding hydrogens is 174 g/mol. The number of ether oxygens (including phenoxy) is 1. The minimum absolute atomic E-state index is 0.0197. The second kappa shape index (κ2) is 2.55. The van der Waals surface area contributed by atoms with Crippen LogP contribution < -0.4 is 9.64 Å². The number of hydrogen-bond donors (Lipinski definition) is 2. The molecule has 13 heavy (non-hydrogen) atoms. The summed E-state index contributed by atoms with van der Waals surface area (Å²) in [6.45, 7) is -0.0197. The van der Waals surface area contributed by atoms with E-state index >= 15 is 0 Å². The van der Waals surface area contributed by atoms with Crippen LogP contribution in [0, 0.1) is 0 Å². The Kier molecular flexibility index (Phi) is 1.51. The first kappa shape index (κ1) is 7.72. The summed E-state index contributed by atoms with van der Waals surface area (Å²) < 4.78 is 5.04. The molecule has 0 radical (unpaired) electrons. The quantitative estimate of drug-likeness (QED) is 0.631. The average Bonchev–Trinajstić information content (AvgIpc) is 2.46. The van der Waals surface area contributed by atoms with Gasteiger partial charge in [-0.05, 0) is 12.1 Å². The van der Waals surface area contributed by atoms with Crippen LogP contribution in [0.25, 0.3) is 0 Å². The van der Waals surface area contributed by atoms with Crippen molar-refractivity contribution in [2.45, 2.75) is 0 Å². The van der Waals surface area contributed by atoms with E-state index in [2.05, 4.69) is 0 Å². The second-order valence-corrected chi connectivity index (χ2v) is 2.64. The zero-order chi connectivity index (χ0) is 9.42. The molecule has 1 aromatic carbocycles. The number of hydrogen-bond acceptors (Lipinski definition) is 3. The Labute approximate surface area is 73.8 Å². The van der Waals surface area contributed by atoms with Crippen molar-refractivity contribution in [1.29, 1.82) is 0 Å². The summed E-state index contributed by atoms with van der Waals surface area (Å²) in [4.78, 5) is 11.7. The van der Waals surface area contributed by atoms with Crippen molar-refractivity contribution in [1.82, 2.24) is 0 Å². The van der Waals surface area contributed by atoms with Gasteiger partial charge in [0, 0.05) is 6.07 Å². The normalized spacial score (nSPS) is 13.7. The fourth-order valence-corrected chi connectivity index (χ4v) is 1.20. The molecule has 1 aliphatic rings. The first-order valence-corrected chi connectivity index (χ1v) is 3.65. The summed E-state index contributed by atoms with van der Waals surface area (Å²) in [5.41, 5.74) is 0.463. The first-order valence-electron chi connectivity index (χ1n) is 3.65. The lowest BCUT2D eigenvalue weighted by Gasteiger charge is -2.08. The Hall–Kier alpha value is -1.91. The van der Waals surface area contributed by atoms with Gasteiger partial charge in [-0.15, -0.1) is 0 Å². The molecule has 0 unspecified atom stereocenters. The highest BCUT2D eigenvalue weighted by Gasteiger charge is 2.25. The van der Waals surface area contributed by atoms with E-state index in [0.29, 0.717) is 11.4 Å². The molecule has 0 saturated heterocycles. The van der Waals surface area contributed by atoms with Crippen molar-refractivity contribution in [3.05, 3.63) is 18.2 Å². The first-order chi connectivity index (χ1) is 6.18. The van der Waals surface area contributed by atoms with Crippen LogP contribution in [-0.2, 0) is 0 Å². The highest BCUT2D eigenvalue weighted by Crippen LogP contribution is 2.36. The van der Waals surface area contributed by atoms with Gasteiger partial charge in [-0.1, -0.05) is 0 Å². The standard InChI is InChI=1S/C8H7NO4/c10-5-1-2-6-7(3-5)13-4-9(6)8(11)12/h1-3,10H,4H2,(H,11,12).